The first-order chi connectivity index (χ1) is 7.72. The molecule has 0 bridgehead atoms. The first-order valence-corrected chi connectivity index (χ1v) is 5.91. The highest BCUT2D eigenvalue weighted by atomic mass is 79.9. The van der Waals surface area contributed by atoms with E-state index in [2.05, 4.69) is 38.4 Å². The van der Waals surface area contributed by atoms with E-state index in [9.17, 15) is 0 Å². The van der Waals surface area contributed by atoms with E-state index in [1.165, 1.54) is 5.56 Å². The van der Waals surface area contributed by atoms with Gasteiger partial charge in [0.2, 0.25) is 0 Å². The molecule has 1 aromatic carbocycles. The van der Waals surface area contributed by atoms with Crippen molar-refractivity contribution in [1.82, 2.24) is 14.9 Å². The number of hydrogen-bond acceptors (Lipinski definition) is 2. The molecule has 1 unspecified atom stereocenters. The average molecular weight is 280 g/mol. The quantitative estimate of drug-likeness (QED) is 0.936. The number of benzene rings is 1. The van der Waals surface area contributed by atoms with Crippen LogP contribution in [0.15, 0.2) is 41.1 Å². The van der Waals surface area contributed by atoms with E-state index in [1.54, 1.807) is 0 Å². The predicted molar refractivity (Wildman–Crippen MR) is 68.3 cm³/mol. The van der Waals surface area contributed by atoms with Gasteiger partial charge >= 0.3 is 0 Å². The van der Waals surface area contributed by atoms with Crippen molar-refractivity contribution < 1.29 is 0 Å². The zero-order valence-electron chi connectivity index (χ0n) is 9.31. The maximum atomic E-state index is 4.38. The summed E-state index contributed by atoms with van der Waals surface area (Å²) in [5, 5.41) is 3.28. The van der Waals surface area contributed by atoms with Crippen LogP contribution in [-0.4, -0.2) is 16.6 Å². The minimum absolute atomic E-state index is 0.123. The van der Waals surface area contributed by atoms with Crippen molar-refractivity contribution in [2.24, 2.45) is 7.05 Å². The number of aryl methyl sites for hydroxylation is 1. The Morgan fingerprint density at radius 1 is 1.44 bits per heavy atom. The Labute approximate surface area is 104 Å². The van der Waals surface area contributed by atoms with Crippen molar-refractivity contribution in [3.05, 3.63) is 52.5 Å². The highest BCUT2D eigenvalue weighted by Crippen LogP contribution is 2.22. The van der Waals surface area contributed by atoms with Crippen molar-refractivity contribution in [1.29, 1.82) is 0 Å². The van der Waals surface area contributed by atoms with Gasteiger partial charge in [-0.05, 0) is 24.7 Å². The van der Waals surface area contributed by atoms with Crippen molar-refractivity contribution in [2.45, 2.75) is 6.04 Å². The van der Waals surface area contributed by atoms with Crippen LogP contribution in [0.3, 0.4) is 0 Å². The lowest BCUT2D eigenvalue weighted by molar-refractivity contribution is 0.617. The van der Waals surface area contributed by atoms with Crippen LogP contribution in [-0.2, 0) is 7.05 Å². The molecule has 2 aromatic rings. The summed E-state index contributed by atoms with van der Waals surface area (Å²) in [4.78, 5) is 4.38. The molecule has 84 valence electrons. The van der Waals surface area contributed by atoms with Crippen LogP contribution in [0.2, 0.25) is 0 Å². The average Bonchev–Trinajstić information content (AvgIpc) is 2.67. The van der Waals surface area contributed by atoms with Gasteiger partial charge in [-0.2, -0.15) is 0 Å². The molecular weight excluding hydrogens is 266 g/mol. The fourth-order valence-electron chi connectivity index (χ4n) is 1.79. The van der Waals surface area contributed by atoms with Gasteiger partial charge < -0.3 is 9.88 Å². The summed E-state index contributed by atoms with van der Waals surface area (Å²) >= 11 is 3.49. The molecule has 0 saturated heterocycles. The van der Waals surface area contributed by atoms with Gasteiger partial charge in [-0.15, -0.1) is 0 Å². The van der Waals surface area contributed by atoms with E-state index in [1.807, 2.05) is 43.2 Å². The molecule has 0 aliphatic heterocycles. The van der Waals surface area contributed by atoms with Crippen LogP contribution < -0.4 is 5.32 Å². The van der Waals surface area contributed by atoms with E-state index in [0.717, 1.165) is 10.3 Å². The van der Waals surface area contributed by atoms with Gasteiger partial charge in [-0.1, -0.05) is 28.1 Å². The molecule has 1 aromatic heterocycles. The number of aromatic nitrogens is 2. The topological polar surface area (TPSA) is 29.9 Å². The monoisotopic (exact) mass is 279 g/mol. The molecule has 0 fully saturated rings. The molecule has 0 spiro atoms. The number of nitrogens with zero attached hydrogens (tertiary/aromatic N) is 2. The summed E-state index contributed by atoms with van der Waals surface area (Å²) in [5.41, 5.74) is 1.20. The smallest absolute Gasteiger partial charge is 0.130 e. The lowest BCUT2D eigenvalue weighted by Crippen LogP contribution is -2.21. The van der Waals surface area contributed by atoms with Crippen LogP contribution in [0.25, 0.3) is 0 Å². The molecule has 0 radical (unpaired) electrons. The lowest BCUT2D eigenvalue weighted by Gasteiger charge is -2.16. The predicted octanol–water partition coefficient (Wildman–Crippen LogP) is 2.49. The third kappa shape index (κ3) is 2.18. The van der Waals surface area contributed by atoms with E-state index in [0.29, 0.717) is 0 Å². The standard InChI is InChI=1S/C12H14BrN3/c1-14-11(12-15-6-7-16(12)2)9-4-3-5-10(13)8-9/h3-8,11,14H,1-2H3. The van der Waals surface area contributed by atoms with E-state index in [4.69, 9.17) is 0 Å². The summed E-state index contributed by atoms with van der Waals surface area (Å²) in [7, 11) is 3.95. The number of nitrogens with one attached hydrogen (secondary N) is 1. The van der Waals surface area contributed by atoms with Crippen LogP contribution in [0, 0.1) is 0 Å². The minimum atomic E-state index is 0.123. The highest BCUT2D eigenvalue weighted by Gasteiger charge is 2.15. The number of imidazole rings is 1. The maximum absolute atomic E-state index is 4.38. The van der Waals surface area contributed by atoms with Gasteiger partial charge in [0.25, 0.3) is 0 Å². The molecule has 4 heteroatoms. The summed E-state index contributed by atoms with van der Waals surface area (Å²) in [6.45, 7) is 0. The second-order valence-electron chi connectivity index (χ2n) is 3.67. The van der Waals surface area contributed by atoms with Crippen molar-refractivity contribution in [2.75, 3.05) is 7.05 Å². The summed E-state index contributed by atoms with van der Waals surface area (Å²) in [5.74, 6) is 1.01. The molecular formula is C12H14BrN3. The fourth-order valence-corrected chi connectivity index (χ4v) is 2.20. The van der Waals surface area contributed by atoms with Gasteiger partial charge in [0.15, 0.2) is 0 Å². The molecule has 0 saturated carbocycles. The number of halogens is 1. The van der Waals surface area contributed by atoms with Gasteiger partial charge in [-0.3, -0.25) is 0 Å². The summed E-state index contributed by atoms with van der Waals surface area (Å²) in [6, 6.07) is 8.38. The Morgan fingerprint density at radius 2 is 2.25 bits per heavy atom. The van der Waals surface area contributed by atoms with E-state index >= 15 is 0 Å². The maximum Gasteiger partial charge on any atom is 0.130 e. The zero-order valence-corrected chi connectivity index (χ0v) is 10.9. The summed E-state index contributed by atoms with van der Waals surface area (Å²) in [6.07, 6.45) is 3.77. The van der Waals surface area contributed by atoms with Gasteiger partial charge in [0.05, 0.1) is 6.04 Å². The SMILES string of the molecule is CNC(c1cccc(Br)c1)c1nccn1C. The Kier molecular flexibility index (Phi) is 3.41. The van der Waals surface area contributed by atoms with Crippen molar-refractivity contribution in [3.8, 4) is 0 Å². The number of hydrogen-bond donors (Lipinski definition) is 1. The van der Waals surface area contributed by atoms with E-state index < -0.39 is 0 Å². The molecule has 0 aliphatic rings. The second kappa shape index (κ2) is 4.80. The highest BCUT2D eigenvalue weighted by molar-refractivity contribution is 9.10. The Bertz CT molecular complexity index is 479. The molecule has 0 amide bonds. The third-order valence-corrected chi connectivity index (χ3v) is 3.08. The van der Waals surface area contributed by atoms with Crippen LogP contribution in [0.5, 0.6) is 0 Å². The molecule has 16 heavy (non-hydrogen) atoms. The van der Waals surface area contributed by atoms with Crippen LogP contribution in [0.4, 0.5) is 0 Å². The normalized spacial score (nSPS) is 12.7. The Hall–Kier alpha value is -1.13. The molecule has 1 heterocycles. The van der Waals surface area contributed by atoms with Gasteiger partial charge in [0.1, 0.15) is 5.82 Å². The Morgan fingerprint density at radius 3 is 2.81 bits per heavy atom. The first-order valence-electron chi connectivity index (χ1n) is 5.12. The number of rotatable bonds is 3. The van der Waals surface area contributed by atoms with Crippen molar-refractivity contribution in [3.63, 3.8) is 0 Å². The molecule has 1 atom stereocenters. The first kappa shape index (κ1) is 11.4. The van der Waals surface area contributed by atoms with Gasteiger partial charge in [-0.25, -0.2) is 4.98 Å². The van der Waals surface area contributed by atoms with Crippen LogP contribution >= 0.6 is 15.9 Å². The largest absolute Gasteiger partial charge is 0.336 e. The molecule has 0 aliphatic carbocycles. The van der Waals surface area contributed by atoms with Crippen molar-refractivity contribution >= 4 is 15.9 Å². The molecule has 3 nitrogen and oxygen atoms in total. The summed E-state index contributed by atoms with van der Waals surface area (Å²) < 4.78 is 3.11. The van der Waals surface area contributed by atoms with Gasteiger partial charge in [0, 0.05) is 23.9 Å². The van der Waals surface area contributed by atoms with Crippen LogP contribution in [0.1, 0.15) is 17.4 Å². The lowest BCUT2D eigenvalue weighted by atomic mass is 10.1. The molecule has 1 N–H and O–H groups in total. The third-order valence-electron chi connectivity index (χ3n) is 2.59. The van der Waals surface area contributed by atoms with E-state index in [-0.39, 0.29) is 6.04 Å². The molecule has 2 rings (SSSR count). The Balaban J connectivity index is 2.40. The minimum Gasteiger partial charge on any atom is -0.336 e. The zero-order chi connectivity index (χ0) is 11.5. The fraction of sp³-hybridized carbons (Fsp3) is 0.250. The second-order valence-corrected chi connectivity index (χ2v) is 4.59.